The van der Waals surface area contributed by atoms with Crippen LogP contribution in [0.4, 0.5) is 0 Å². The standard InChI is InChI=1S/C19H22N4O2S/c1-13-6-7-16(11-14(13)2)26(24,25)22-10-4-5-17(22)18-8-9-20-19-12-15(3)21-23(18)19/h6-9,11-12,17H,4-5,10H2,1-3H3. The lowest BCUT2D eigenvalue weighted by Crippen LogP contribution is -2.31. The number of benzene rings is 1. The first-order valence-electron chi connectivity index (χ1n) is 8.78. The number of nitrogens with zero attached hydrogens (tertiary/aromatic N) is 4. The lowest BCUT2D eigenvalue weighted by Gasteiger charge is -2.25. The van der Waals surface area contributed by atoms with Gasteiger partial charge in [-0.25, -0.2) is 17.9 Å². The Morgan fingerprint density at radius 1 is 1.08 bits per heavy atom. The number of sulfonamides is 1. The number of rotatable bonds is 3. The smallest absolute Gasteiger partial charge is 0.237 e. The van der Waals surface area contributed by atoms with E-state index in [-0.39, 0.29) is 6.04 Å². The number of hydrogen-bond acceptors (Lipinski definition) is 4. The van der Waals surface area contributed by atoms with Gasteiger partial charge >= 0.3 is 0 Å². The topological polar surface area (TPSA) is 67.6 Å². The molecule has 1 fully saturated rings. The maximum atomic E-state index is 13.3. The van der Waals surface area contributed by atoms with E-state index in [1.54, 1.807) is 27.2 Å². The number of fused-ring (bicyclic) bond motifs is 1. The Balaban J connectivity index is 1.79. The molecule has 7 heteroatoms. The summed E-state index contributed by atoms with van der Waals surface area (Å²) >= 11 is 0. The third-order valence-corrected chi connectivity index (χ3v) is 7.04. The van der Waals surface area contributed by atoms with Crippen molar-refractivity contribution in [3.8, 4) is 0 Å². The van der Waals surface area contributed by atoms with Crippen LogP contribution in [0.15, 0.2) is 41.4 Å². The van der Waals surface area contributed by atoms with Crippen LogP contribution in [-0.4, -0.2) is 33.9 Å². The molecule has 2 aromatic heterocycles. The molecule has 0 amide bonds. The SMILES string of the molecule is Cc1cc2nccc(C3CCCN3S(=O)(=O)c3ccc(C)c(C)c3)n2n1. The van der Waals surface area contributed by atoms with E-state index in [2.05, 4.69) is 10.1 Å². The molecule has 1 aliphatic rings. The Kier molecular flexibility index (Phi) is 4.08. The highest BCUT2D eigenvalue weighted by atomic mass is 32.2. The zero-order valence-electron chi connectivity index (χ0n) is 15.2. The molecule has 1 unspecified atom stereocenters. The minimum absolute atomic E-state index is 0.230. The molecular weight excluding hydrogens is 348 g/mol. The Bertz CT molecular complexity index is 1090. The summed E-state index contributed by atoms with van der Waals surface area (Å²) in [4.78, 5) is 4.69. The number of aryl methyl sites for hydroxylation is 3. The van der Waals surface area contributed by atoms with Crippen molar-refractivity contribution < 1.29 is 8.42 Å². The molecule has 1 saturated heterocycles. The van der Waals surface area contributed by atoms with Crippen molar-refractivity contribution in [1.29, 1.82) is 0 Å². The second-order valence-electron chi connectivity index (χ2n) is 6.95. The average Bonchev–Trinajstić information content (AvgIpc) is 3.22. The van der Waals surface area contributed by atoms with Crippen molar-refractivity contribution in [2.24, 2.45) is 0 Å². The molecule has 0 saturated carbocycles. The summed E-state index contributed by atoms with van der Waals surface area (Å²) in [5.74, 6) is 0. The number of hydrogen-bond donors (Lipinski definition) is 0. The second-order valence-corrected chi connectivity index (χ2v) is 8.84. The third-order valence-electron chi connectivity index (χ3n) is 5.14. The van der Waals surface area contributed by atoms with Crippen molar-refractivity contribution in [3.63, 3.8) is 0 Å². The first-order valence-corrected chi connectivity index (χ1v) is 10.2. The lowest BCUT2D eigenvalue weighted by atomic mass is 10.1. The fourth-order valence-corrected chi connectivity index (χ4v) is 5.37. The Hall–Kier alpha value is -2.25. The second kappa shape index (κ2) is 6.17. The quantitative estimate of drug-likeness (QED) is 0.710. The fraction of sp³-hybridized carbons (Fsp3) is 0.368. The summed E-state index contributed by atoms with van der Waals surface area (Å²) < 4.78 is 30.0. The van der Waals surface area contributed by atoms with Crippen LogP contribution in [0.5, 0.6) is 0 Å². The molecule has 4 rings (SSSR count). The summed E-state index contributed by atoms with van der Waals surface area (Å²) in [5, 5.41) is 4.51. The monoisotopic (exact) mass is 370 g/mol. The van der Waals surface area contributed by atoms with E-state index in [1.807, 2.05) is 39.0 Å². The van der Waals surface area contributed by atoms with Crippen LogP contribution < -0.4 is 0 Å². The molecular formula is C19H22N4O2S. The van der Waals surface area contributed by atoms with Gasteiger partial charge in [-0.15, -0.1) is 0 Å². The van der Waals surface area contributed by atoms with E-state index in [9.17, 15) is 8.42 Å². The molecule has 1 atom stereocenters. The molecule has 26 heavy (non-hydrogen) atoms. The van der Waals surface area contributed by atoms with Crippen LogP contribution >= 0.6 is 0 Å². The molecule has 3 aromatic rings. The van der Waals surface area contributed by atoms with Crippen molar-refractivity contribution in [2.75, 3.05) is 6.54 Å². The molecule has 136 valence electrons. The molecule has 0 bridgehead atoms. The van der Waals surface area contributed by atoms with Crippen molar-refractivity contribution in [3.05, 3.63) is 59.0 Å². The Labute approximate surface area is 153 Å². The summed E-state index contributed by atoms with van der Waals surface area (Å²) in [5.41, 5.74) is 4.55. The van der Waals surface area contributed by atoms with Crippen LogP contribution in [0.2, 0.25) is 0 Å². The van der Waals surface area contributed by atoms with Gasteiger partial charge in [0.1, 0.15) is 0 Å². The van der Waals surface area contributed by atoms with Gasteiger partial charge in [-0.1, -0.05) is 6.07 Å². The highest BCUT2D eigenvalue weighted by Crippen LogP contribution is 2.36. The van der Waals surface area contributed by atoms with Gasteiger partial charge in [-0.05, 0) is 62.9 Å². The van der Waals surface area contributed by atoms with E-state index in [0.29, 0.717) is 11.4 Å². The van der Waals surface area contributed by atoms with Crippen molar-refractivity contribution >= 4 is 15.7 Å². The van der Waals surface area contributed by atoms with Crippen molar-refractivity contribution in [1.82, 2.24) is 18.9 Å². The van der Waals surface area contributed by atoms with Gasteiger partial charge in [0.2, 0.25) is 10.0 Å². The summed E-state index contributed by atoms with van der Waals surface area (Å²) in [6.07, 6.45) is 3.34. The van der Waals surface area contributed by atoms with Gasteiger partial charge in [0, 0.05) is 18.8 Å². The normalized spacial score (nSPS) is 18.7. The van der Waals surface area contributed by atoms with E-state index in [0.717, 1.165) is 41.0 Å². The molecule has 1 aliphatic heterocycles. The maximum Gasteiger partial charge on any atom is 0.243 e. The molecule has 0 N–H and O–H groups in total. The maximum absolute atomic E-state index is 13.3. The predicted molar refractivity (Wildman–Crippen MR) is 99.5 cm³/mol. The summed E-state index contributed by atoms with van der Waals surface area (Å²) in [7, 11) is -3.57. The molecule has 0 radical (unpaired) electrons. The molecule has 1 aromatic carbocycles. The lowest BCUT2D eigenvalue weighted by molar-refractivity contribution is 0.385. The zero-order chi connectivity index (χ0) is 18.5. The van der Waals surface area contributed by atoms with E-state index in [4.69, 9.17) is 0 Å². The molecule has 6 nitrogen and oxygen atoms in total. The summed E-state index contributed by atoms with van der Waals surface area (Å²) in [6.45, 7) is 6.35. The third kappa shape index (κ3) is 2.71. The van der Waals surface area contributed by atoms with Gasteiger partial charge in [0.05, 0.1) is 22.3 Å². The van der Waals surface area contributed by atoms with E-state index in [1.165, 1.54) is 0 Å². The number of aromatic nitrogens is 3. The Morgan fingerprint density at radius 2 is 1.88 bits per heavy atom. The van der Waals surface area contributed by atoms with Crippen LogP contribution in [-0.2, 0) is 10.0 Å². The van der Waals surface area contributed by atoms with Crippen LogP contribution in [0.1, 0.15) is 41.4 Å². The van der Waals surface area contributed by atoms with Gasteiger partial charge in [0.25, 0.3) is 0 Å². The summed E-state index contributed by atoms with van der Waals surface area (Å²) in [6, 6.07) is 8.88. The predicted octanol–water partition coefficient (Wildman–Crippen LogP) is 3.18. The van der Waals surface area contributed by atoms with E-state index < -0.39 is 10.0 Å². The van der Waals surface area contributed by atoms with Crippen LogP contribution in [0.3, 0.4) is 0 Å². The van der Waals surface area contributed by atoms with Crippen LogP contribution in [0, 0.1) is 20.8 Å². The van der Waals surface area contributed by atoms with E-state index >= 15 is 0 Å². The minimum Gasteiger partial charge on any atom is -0.237 e. The molecule has 0 aliphatic carbocycles. The van der Waals surface area contributed by atoms with Gasteiger partial charge in [-0.2, -0.15) is 9.40 Å². The van der Waals surface area contributed by atoms with Gasteiger partial charge in [-0.3, -0.25) is 0 Å². The van der Waals surface area contributed by atoms with Gasteiger partial charge in [0.15, 0.2) is 5.65 Å². The highest BCUT2D eigenvalue weighted by molar-refractivity contribution is 7.89. The highest BCUT2D eigenvalue weighted by Gasteiger charge is 2.37. The van der Waals surface area contributed by atoms with Crippen LogP contribution in [0.25, 0.3) is 5.65 Å². The fourth-order valence-electron chi connectivity index (χ4n) is 3.61. The zero-order valence-corrected chi connectivity index (χ0v) is 16.0. The largest absolute Gasteiger partial charge is 0.243 e. The minimum atomic E-state index is -3.57. The average molecular weight is 370 g/mol. The first kappa shape index (κ1) is 17.2. The van der Waals surface area contributed by atoms with Crippen molar-refractivity contribution in [2.45, 2.75) is 44.6 Å². The molecule has 0 spiro atoms. The molecule has 3 heterocycles. The first-order chi connectivity index (χ1) is 12.4. The van der Waals surface area contributed by atoms with Gasteiger partial charge < -0.3 is 0 Å². The Morgan fingerprint density at radius 3 is 2.65 bits per heavy atom.